The lowest BCUT2D eigenvalue weighted by Crippen LogP contribution is -2.41. The summed E-state index contributed by atoms with van der Waals surface area (Å²) in [7, 11) is 0. The van der Waals surface area contributed by atoms with Crippen molar-refractivity contribution in [2.24, 2.45) is 0 Å². The molecule has 2 rings (SSSR count). The molecule has 1 fully saturated rings. The summed E-state index contributed by atoms with van der Waals surface area (Å²) in [5.41, 5.74) is -0.437. The number of rotatable bonds is 3. The molecule has 1 aromatic carbocycles. The Morgan fingerprint density at radius 1 is 1.32 bits per heavy atom. The van der Waals surface area contributed by atoms with Crippen LogP contribution in [0.5, 0.6) is 0 Å². The molecule has 4 nitrogen and oxygen atoms in total. The third-order valence-corrected chi connectivity index (χ3v) is 3.79. The summed E-state index contributed by atoms with van der Waals surface area (Å²) in [5, 5.41) is 10.6. The van der Waals surface area contributed by atoms with Gasteiger partial charge in [-0.05, 0) is 32.3 Å². The van der Waals surface area contributed by atoms with E-state index in [9.17, 15) is 9.90 Å². The number of hydrogen-bond acceptors (Lipinski definition) is 3. The van der Waals surface area contributed by atoms with Gasteiger partial charge in [-0.25, -0.2) is 4.79 Å². The van der Waals surface area contributed by atoms with Crippen LogP contribution in [0, 0.1) is 0 Å². The molecule has 19 heavy (non-hydrogen) atoms. The Kier molecular flexibility index (Phi) is 4.10. The van der Waals surface area contributed by atoms with Crippen LogP contribution in [0.25, 0.3) is 0 Å². The molecule has 2 atom stereocenters. The first kappa shape index (κ1) is 13.9. The van der Waals surface area contributed by atoms with Crippen molar-refractivity contribution in [1.29, 1.82) is 0 Å². The molecule has 0 saturated carbocycles. The van der Waals surface area contributed by atoms with E-state index in [4.69, 9.17) is 4.74 Å². The highest BCUT2D eigenvalue weighted by Crippen LogP contribution is 2.27. The van der Waals surface area contributed by atoms with Crippen molar-refractivity contribution in [2.45, 2.75) is 38.4 Å². The van der Waals surface area contributed by atoms with E-state index in [1.54, 1.807) is 18.7 Å². The number of ether oxygens (including phenoxy) is 1. The SMILES string of the molecule is C[C@H](OC(=O)N1CCCC1)[C@@](C)(O)c1ccccc1. The normalized spacial score (nSPS) is 19.8. The summed E-state index contributed by atoms with van der Waals surface area (Å²) in [6.07, 6.45) is 1.13. The number of amides is 1. The highest BCUT2D eigenvalue weighted by molar-refractivity contribution is 5.68. The molecule has 104 valence electrons. The Bertz CT molecular complexity index is 424. The van der Waals surface area contributed by atoms with Gasteiger partial charge in [0, 0.05) is 13.1 Å². The molecule has 0 radical (unpaired) electrons. The Balaban J connectivity index is 2.02. The van der Waals surface area contributed by atoms with Gasteiger partial charge in [-0.1, -0.05) is 30.3 Å². The van der Waals surface area contributed by atoms with Crippen LogP contribution in [0.15, 0.2) is 30.3 Å². The van der Waals surface area contributed by atoms with Gasteiger partial charge in [-0.15, -0.1) is 0 Å². The van der Waals surface area contributed by atoms with Crippen LogP contribution in [0.1, 0.15) is 32.3 Å². The van der Waals surface area contributed by atoms with Crippen molar-refractivity contribution < 1.29 is 14.6 Å². The van der Waals surface area contributed by atoms with E-state index in [2.05, 4.69) is 0 Å². The topological polar surface area (TPSA) is 49.8 Å². The zero-order valence-electron chi connectivity index (χ0n) is 11.5. The van der Waals surface area contributed by atoms with Crippen molar-refractivity contribution in [3.63, 3.8) is 0 Å². The fourth-order valence-electron chi connectivity index (χ4n) is 2.25. The van der Waals surface area contributed by atoms with Crippen LogP contribution in [0.4, 0.5) is 4.79 Å². The van der Waals surface area contributed by atoms with Gasteiger partial charge in [0.2, 0.25) is 0 Å². The number of nitrogens with zero attached hydrogens (tertiary/aromatic N) is 1. The first-order chi connectivity index (χ1) is 9.01. The standard InChI is InChI=1S/C15H21NO3/c1-12(19-14(17)16-10-6-7-11-16)15(2,18)13-8-4-3-5-9-13/h3-5,8-9,12,18H,6-7,10-11H2,1-2H3/t12-,15+/m0/s1. The van der Waals surface area contributed by atoms with E-state index < -0.39 is 11.7 Å². The maximum absolute atomic E-state index is 11.9. The highest BCUT2D eigenvalue weighted by Gasteiger charge is 2.34. The molecule has 4 heteroatoms. The van der Waals surface area contributed by atoms with E-state index in [1.807, 2.05) is 30.3 Å². The number of hydrogen-bond donors (Lipinski definition) is 1. The molecule has 1 heterocycles. The lowest BCUT2D eigenvalue weighted by atomic mass is 9.91. The molecule has 1 amide bonds. The number of benzene rings is 1. The van der Waals surface area contributed by atoms with Crippen molar-refractivity contribution in [3.8, 4) is 0 Å². The number of carbonyl (C=O) groups excluding carboxylic acids is 1. The zero-order chi connectivity index (χ0) is 13.9. The first-order valence-electron chi connectivity index (χ1n) is 6.75. The van der Waals surface area contributed by atoms with Crippen LogP contribution < -0.4 is 0 Å². The summed E-state index contributed by atoms with van der Waals surface area (Å²) in [5.74, 6) is 0. The zero-order valence-corrected chi connectivity index (χ0v) is 11.5. The molecular formula is C15H21NO3. The van der Waals surface area contributed by atoms with Crippen LogP contribution >= 0.6 is 0 Å². The van der Waals surface area contributed by atoms with Crippen LogP contribution in [0.2, 0.25) is 0 Å². The summed E-state index contributed by atoms with van der Waals surface area (Å²) in [6.45, 7) is 4.89. The lowest BCUT2D eigenvalue weighted by Gasteiger charge is -2.31. The average Bonchev–Trinajstić information content (AvgIpc) is 2.93. The number of aliphatic hydroxyl groups is 1. The fourth-order valence-corrected chi connectivity index (χ4v) is 2.25. The van der Waals surface area contributed by atoms with Crippen molar-refractivity contribution >= 4 is 6.09 Å². The summed E-state index contributed by atoms with van der Waals surface area (Å²) >= 11 is 0. The largest absolute Gasteiger partial charge is 0.443 e. The molecule has 0 spiro atoms. The van der Waals surface area contributed by atoms with E-state index in [0.29, 0.717) is 0 Å². The molecule has 1 saturated heterocycles. The summed E-state index contributed by atoms with van der Waals surface area (Å²) in [4.78, 5) is 13.6. The molecule has 0 bridgehead atoms. The maximum Gasteiger partial charge on any atom is 0.410 e. The number of likely N-dealkylation sites (tertiary alicyclic amines) is 1. The minimum Gasteiger partial charge on any atom is -0.443 e. The van der Waals surface area contributed by atoms with Gasteiger partial charge in [-0.2, -0.15) is 0 Å². The molecule has 1 aliphatic heterocycles. The molecule has 0 unspecified atom stereocenters. The van der Waals surface area contributed by atoms with E-state index >= 15 is 0 Å². The Labute approximate surface area is 114 Å². The van der Waals surface area contributed by atoms with Gasteiger partial charge >= 0.3 is 6.09 Å². The molecule has 0 aromatic heterocycles. The fraction of sp³-hybridized carbons (Fsp3) is 0.533. The second kappa shape index (κ2) is 5.61. The van der Waals surface area contributed by atoms with E-state index in [-0.39, 0.29) is 6.09 Å². The van der Waals surface area contributed by atoms with Crippen LogP contribution in [0.3, 0.4) is 0 Å². The molecule has 0 aliphatic carbocycles. The van der Waals surface area contributed by atoms with Gasteiger partial charge in [-0.3, -0.25) is 0 Å². The summed E-state index contributed by atoms with van der Waals surface area (Å²) in [6, 6.07) is 9.28. The van der Waals surface area contributed by atoms with Crippen molar-refractivity contribution in [3.05, 3.63) is 35.9 Å². The first-order valence-corrected chi connectivity index (χ1v) is 6.75. The Morgan fingerprint density at radius 3 is 2.47 bits per heavy atom. The molecular weight excluding hydrogens is 242 g/mol. The average molecular weight is 263 g/mol. The molecule has 1 aromatic rings. The minimum absolute atomic E-state index is 0.332. The number of carbonyl (C=O) groups is 1. The summed E-state index contributed by atoms with van der Waals surface area (Å²) < 4.78 is 5.39. The minimum atomic E-state index is -1.18. The monoisotopic (exact) mass is 263 g/mol. The van der Waals surface area contributed by atoms with Gasteiger partial charge in [0.1, 0.15) is 11.7 Å². The second-order valence-corrected chi connectivity index (χ2v) is 5.23. The van der Waals surface area contributed by atoms with Crippen molar-refractivity contribution in [1.82, 2.24) is 4.90 Å². The van der Waals surface area contributed by atoms with Gasteiger partial charge < -0.3 is 14.7 Å². The van der Waals surface area contributed by atoms with Crippen molar-refractivity contribution in [2.75, 3.05) is 13.1 Å². The highest BCUT2D eigenvalue weighted by atomic mass is 16.6. The maximum atomic E-state index is 11.9. The molecule has 1 aliphatic rings. The van der Waals surface area contributed by atoms with Gasteiger partial charge in [0.05, 0.1) is 0 Å². The van der Waals surface area contributed by atoms with Gasteiger partial charge in [0.15, 0.2) is 0 Å². The Morgan fingerprint density at radius 2 is 1.89 bits per heavy atom. The second-order valence-electron chi connectivity index (χ2n) is 5.23. The predicted octanol–water partition coefficient (Wildman–Crippen LogP) is 2.52. The van der Waals surface area contributed by atoms with Gasteiger partial charge in [0.25, 0.3) is 0 Å². The third-order valence-electron chi connectivity index (χ3n) is 3.79. The predicted molar refractivity (Wildman–Crippen MR) is 72.8 cm³/mol. The Hall–Kier alpha value is -1.55. The van der Waals surface area contributed by atoms with E-state index in [1.165, 1.54) is 0 Å². The lowest BCUT2D eigenvalue weighted by molar-refractivity contribution is -0.0699. The third kappa shape index (κ3) is 3.07. The quantitative estimate of drug-likeness (QED) is 0.911. The van der Waals surface area contributed by atoms with Crippen LogP contribution in [-0.4, -0.2) is 35.3 Å². The smallest absolute Gasteiger partial charge is 0.410 e. The van der Waals surface area contributed by atoms with Crippen LogP contribution in [-0.2, 0) is 10.3 Å². The van der Waals surface area contributed by atoms with E-state index in [0.717, 1.165) is 31.5 Å². The molecule has 1 N–H and O–H groups in total.